The molecule has 0 saturated carbocycles. The molecule has 0 bridgehead atoms. The number of fused-ring (bicyclic) bond motifs is 1. The maximum absolute atomic E-state index is 12.7. The van der Waals surface area contributed by atoms with Crippen LogP contribution in [0.5, 0.6) is 0 Å². The number of amides is 3. The molecule has 5 heteroatoms. The third-order valence-electron chi connectivity index (χ3n) is 4.91. The number of benzene rings is 3. The molecule has 27 heavy (non-hydrogen) atoms. The summed E-state index contributed by atoms with van der Waals surface area (Å²) in [5.41, 5.74) is 1.49. The average molecular weight is 359 g/mol. The van der Waals surface area contributed by atoms with Gasteiger partial charge in [0, 0.05) is 37.1 Å². The van der Waals surface area contributed by atoms with Crippen molar-refractivity contribution in [2.75, 3.05) is 31.5 Å². The summed E-state index contributed by atoms with van der Waals surface area (Å²) in [6.07, 6.45) is 0. The van der Waals surface area contributed by atoms with E-state index in [1.165, 1.54) is 0 Å². The summed E-state index contributed by atoms with van der Waals surface area (Å²) in [6, 6.07) is 23.0. The van der Waals surface area contributed by atoms with Crippen LogP contribution in [0.1, 0.15) is 10.4 Å². The van der Waals surface area contributed by atoms with Crippen molar-refractivity contribution in [3.63, 3.8) is 0 Å². The van der Waals surface area contributed by atoms with Crippen LogP contribution >= 0.6 is 0 Å². The van der Waals surface area contributed by atoms with Gasteiger partial charge in [-0.15, -0.1) is 0 Å². The molecule has 1 saturated heterocycles. The van der Waals surface area contributed by atoms with E-state index in [-0.39, 0.29) is 11.9 Å². The number of nitrogens with one attached hydrogen (secondary N) is 1. The second kappa shape index (κ2) is 7.50. The van der Waals surface area contributed by atoms with E-state index < -0.39 is 0 Å². The fraction of sp³-hybridized carbons (Fsp3) is 0.182. The Morgan fingerprint density at radius 3 is 2.11 bits per heavy atom. The Labute approximate surface area is 158 Å². The summed E-state index contributed by atoms with van der Waals surface area (Å²) in [7, 11) is 0. The maximum atomic E-state index is 12.7. The molecule has 3 amide bonds. The number of anilines is 1. The molecule has 0 spiro atoms. The van der Waals surface area contributed by atoms with Gasteiger partial charge < -0.3 is 15.1 Å². The molecule has 5 nitrogen and oxygen atoms in total. The zero-order valence-corrected chi connectivity index (χ0v) is 15.0. The summed E-state index contributed by atoms with van der Waals surface area (Å²) >= 11 is 0. The van der Waals surface area contributed by atoms with Crippen molar-refractivity contribution in [3.05, 3.63) is 78.4 Å². The van der Waals surface area contributed by atoms with Crippen LogP contribution in [0.25, 0.3) is 10.8 Å². The number of nitrogens with zero attached hydrogens (tertiary/aromatic N) is 2. The van der Waals surface area contributed by atoms with Crippen molar-refractivity contribution in [2.45, 2.75) is 0 Å². The molecule has 3 aromatic carbocycles. The van der Waals surface area contributed by atoms with Crippen LogP contribution < -0.4 is 5.32 Å². The number of hydrogen-bond acceptors (Lipinski definition) is 2. The Balaban J connectivity index is 1.39. The Morgan fingerprint density at radius 2 is 1.33 bits per heavy atom. The van der Waals surface area contributed by atoms with Gasteiger partial charge in [0.15, 0.2) is 0 Å². The van der Waals surface area contributed by atoms with Crippen molar-refractivity contribution in [2.24, 2.45) is 0 Å². The van der Waals surface area contributed by atoms with Gasteiger partial charge in [0.1, 0.15) is 0 Å². The number of piperazine rings is 1. The highest BCUT2D eigenvalue weighted by molar-refractivity contribution is 6.01. The topological polar surface area (TPSA) is 52.7 Å². The number of hydrogen-bond donors (Lipinski definition) is 1. The van der Waals surface area contributed by atoms with Crippen molar-refractivity contribution < 1.29 is 9.59 Å². The second-order valence-corrected chi connectivity index (χ2v) is 6.60. The zero-order valence-electron chi connectivity index (χ0n) is 15.0. The van der Waals surface area contributed by atoms with Gasteiger partial charge in [-0.05, 0) is 23.6 Å². The van der Waals surface area contributed by atoms with Crippen molar-refractivity contribution in [1.29, 1.82) is 0 Å². The van der Waals surface area contributed by atoms with Gasteiger partial charge in [-0.1, -0.05) is 54.6 Å². The van der Waals surface area contributed by atoms with Crippen LogP contribution in [0.2, 0.25) is 0 Å². The largest absolute Gasteiger partial charge is 0.335 e. The highest BCUT2D eigenvalue weighted by atomic mass is 16.2. The molecular weight excluding hydrogens is 338 g/mol. The molecule has 0 aromatic heterocycles. The minimum absolute atomic E-state index is 0.0183. The quantitative estimate of drug-likeness (QED) is 0.756. The Hall–Kier alpha value is -3.34. The molecule has 136 valence electrons. The Kier molecular flexibility index (Phi) is 4.75. The number of urea groups is 1. The Bertz CT molecular complexity index is 958. The van der Waals surface area contributed by atoms with Gasteiger partial charge >= 0.3 is 6.03 Å². The van der Waals surface area contributed by atoms with E-state index in [0.29, 0.717) is 31.7 Å². The van der Waals surface area contributed by atoms with E-state index >= 15 is 0 Å². The van der Waals surface area contributed by atoms with Crippen LogP contribution in [0, 0.1) is 0 Å². The first-order chi connectivity index (χ1) is 13.2. The highest BCUT2D eigenvalue weighted by Crippen LogP contribution is 2.23. The number of carbonyl (C=O) groups is 2. The first-order valence-electron chi connectivity index (χ1n) is 9.10. The molecule has 0 unspecified atom stereocenters. The molecule has 1 aliphatic rings. The molecule has 0 radical (unpaired) electrons. The number of rotatable bonds is 2. The summed E-state index contributed by atoms with van der Waals surface area (Å²) in [5, 5.41) is 5.12. The van der Waals surface area contributed by atoms with E-state index in [1.807, 2.05) is 72.8 Å². The first-order valence-corrected chi connectivity index (χ1v) is 9.10. The molecule has 3 aromatic rings. The smallest absolute Gasteiger partial charge is 0.321 e. The number of carbonyl (C=O) groups excluding carboxylic acids is 2. The third-order valence-corrected chi connectivity index (χ3v) is 4.91. The Morgan fingerprint density at radius 1 is 0.704 bits per heavy atom. The van der Waals surface area contributed by atoms with E-state index in [9.17, 15) is 9.59 Å². The predicted molar refractivity (Wildman–Crippen MR) is 107 cm³/mol. The van der Waals surface area contributed by atoms with E-state index in [4.69, 9.17) is 0 Å². The lowest BCUT2D eigenvalue weighted by Crippen LogP contribution is -2.51. The zero-order chi connectivity index (χ0) is 18.6. The summed E-state index contributed by atoms with van der Waals surface area (Å²) < 4.78 is 0. The van der Waals surface area contributed by atoms with Crippen LogP contribution in [-0.2, 0) is 0 Å². The van der Waals surface area contributed by atoms with Gasteiger partial charge in [-0.2, -0.15) is 0 Å². The van der Waals surface area contributed by atoms with Crippen molar-refractivity contribution >= 4 is 28.4 Å². The lowest BCUT2D eigenvalue weighted by atomic mass is 10.1. The lowest BCUT2D eigenvalue weighted by Gasteiger charge is -2.34. The highest BCUT2D eigenvalue weighted by Gasteiger charge is 2.25. The first kappa shape index (κ1) is 17.1. The lowest BCUT2D eigenvalue weighted by molar-refractivity contribution is 0.0671. The van der Waals surface area contributed by atoms with E-state index in [1.54, 1.807) is 9.80 Å². The SMILES string of the molecule is O=C(Nc1cccc2ccccc12)N1CCN(C(=O)c2ccccc2)CC1. The summed E-state index contributed by atoms with van der Waals surface area (Å²) in [6.45, 7) is 2.12. The molecule has 0 aliphatic carbocycles. The third kappa shape index (κ3) is 3.62. The van der Waals surface area contributed by atoms with Crippen molar-refractivity contribution in [1.82, 2.24) is 9.80 Å². The maximum Gasteiger partial charge on any atom is 0.321 e. The predicted octanol–water partition coefficient (Wildman–Crippen LogP) is 3.83. The van der Waals surface area contributed by atoms with Crippen LogP contribution in [-0.4, -0.2) is 47.9 Å². The average Bonchev–Trinajstić information content (AvgIpc) is 2.74. The molecule has 1 heterocycles. The molecule has 1 N–H and O–H groups in total. The minimum Gasteiger partial charge on any atom is -0.335 e. The summed E-state index contributed by atoms with van der Waals surface area (Å²) in [4.78, 5) is 28.8. The summed E-state index contributed by atoms with van der Waals surface area (Å²) in [5.74, 6) is 0.0183. The molecule has 1 aliphatic heterocycles. The van der Waals surface area contributed by atoms with E-state index in [0.717, 1.165) is 16.5 Å². The van der Waals surface area contributed by atoms with Crippen LogP contribution in [0.15, 0.2) is 72.8 Å². The minimum atomic E-state index is -0.127. The molecule has 1 fully saturated rings. The van der Waals surface area contributed by atoms with Crippen molar-refractivity contribution in [3.8, 4) is 0 Å². The van der Waals surface area contributed by atoms with Crippen LogP contribution in [0.3, 0.4) is 0 Å². The molecule has 4 rings (SSSR count). The van der Waals surface area contributed by atoms with Gasteiger partial charge in [0.2, 0.25) is 0 Å². The van der Waals surface area contributed by atoms with Gasteiger partial charge in [0.05, 0.1) is 5.69 Å². The molecular formula is C22H21N3O2. The van der Waals surface area contributed by atoms with E-state index in [2.05, 4.69) is 5.32 Å². The normalized spacial score (nSPS) is 14.2. The van der Waals surface area contributed by atoms with Crippen LogP contribution in [0.4, 0.5) is 10.5 Å². The fourth-order valence-electron chi connectivity index (χ4n) is 3.40. The monoisotopic (exact) mass is 359 g/mol. The standard InChI is InChI=1S/C22H21N3O2/c26-21(18-8-2-1-3-9-18)24-13-15-25(16-14-24)22(27)23-20-12-6-10-17-7-4-5-11-19(17)20/h1-12H,13-16H2,(H,23,27). The second-order valence-electron chi connectivity index (χ2n) is 6.60. The van der Waals surface area contributed by atoms with Gasteiger partial charge in [0.25, 0.3) is 5.91 Å². The fourth-order valence-corrected chi connectivity index (χ4v) is 3.40. The van der Waals surface area contributed by atoms with Gasteiger partial charge in [-0.25, -0.2) is 4.79 Å². The van der Waals surface area contributed by atoms with Gasteiger partial charge in [-0.3, -0.25) is 4.79 Å². The molecule has 0 atom stereocenters.